The number of methoxy groups -OCH3 is 1. The molecule has 5 nitrogen and oxygen atoms in total. The number of carbonyl (C=O) groups is 1. The maximum atomic E-state index is 12.2. The minimum Gasteiger partial charge on any atom is -0.497 e. The van der Waals surface area contributed by atoms with Crippen LogP contribution in [0.3, 0.4) is 0 Å². The zero-order chi connectivity index (χ0) is 13.8. The number of hydrogen-bond donors (Lipinski definition) is 1. The summed E-state index contributed by atoms with van der Waals surface area (Å²) in [6.07, 6.45) is 0. The summed E-state index contributed by atoms with van der Waals surface area (Å²) in [5.74, 6) is 0.557. The Bertz CT molecular complexity index is 459. The smallest absolute Gasteiger partial charge is 0.266 e. The fourth-order valence-electron chi connectivity index (χ4n) is 1.93. The van der Waals surface area contributed by atoms with E-state index in [1.165, 1.54) is 0 Å². The summed E-state index contributed by atoms with van der Waals surface area (Å²) in [6, 6.07) is 5.37. The van der Waals surface area contributed by atoms with Crippen LogP contribution >= 0.6 is 15.9 Å². The summed E-state index contributed by atoms with van der Waals surface area (Å²) in [7, 11) is 3.67. The molecule has 1 aromatic rings. The van der Waals surface area contributed by atoms with Gasteiger partial charge in [-0.1, -0.05) is 0 Å². The molecular weight excluding hydrogens is 310 g/mol. The SMILES string of the molecule is COc1ccc(Br)c(C(=O)NN2CCN(C)CC2)c1. The van der Waals surface area contributed by atoms with Crippen LogP contribution in [0.5, 0.6) is 5.75 Å². The van der Waals surface area contributed by atoms with Gasteiger partial charge in [-0.2, -0.15) is 0 Å². The molecule has 19 heavy (non-hydrogen) atoms. The second-order valence-corrected chi connectivity index (χ2v) is 5.43. The van der Waals surface area contributed by atoms with Crippen molar-refractivity contribution in [1.29, 1.82) is 0 Å². The molecule has 104 valence electrons. The monoisotopic (exact) mass is 327 g/mol. The van der Waals surface area contributed by atoms with Gasteiger partial charge in [-0.05, 0) is 41.2 Å². The summed E-state index contributed by atoms with van der Waals surface area (Å²) in [6.45, 7) is 3.59. The molecule has 0 bridgehead atoms. The van der Waals surface area contributed by atoms with Crippen LogP contribution < -0.4 is 10.2 Å². The molecule has 1 N–H and O–H groups in total. The van der Waals surface area contributed by atoms with E-state index >= 15 is 0 Å². The first-order valence-corrected chi connectivity index (χ1v) is 6.97. The van der Waals surface area contributed by atoms with Gasteiger partial charge in [0.25, 0.3) is 5.91 Å². The Morgan fingerprint density at radius 2 is 2.00 bits per heavy atom. The van der Waals surface area contributed by atoms with E-state index in [0.29, 0.717) is 11.3 Å². The number of amides is 1. The number of benzene rings is 1. The highest BCUT2D eigenvalue weighted by Gasteiger charge is 2.18. The third-order valence-corrected chi connectivity index (χ3v) is 3.87. The average Bonchev–Trinajstić information content (AvgIpc) is 2.42. The van der Waals surface area contributed by atoms with E-state index in [-0.39, 0.29) is 5.91 Å². The molecule has 0 saturated carbocycles. The van der Waals surface area contributed by atoms with Crippen LogP contribution in [0.2, 0.25) is 0 Å². The van der Waals surface area contributed by atoms with Gasteiger partial charge in [-0.3, -0.25) is 10.2 Å². The summed E-state index contributed by atoms with van der Waals surface area (Å²) in [5.41, 5.74) is 3.51. The quantitative estimate of drug-likeness (QED) is 0.910. The molecule has 0 spiro atoms. The number of piperazine rings is 1. The third-order valence-electron chi connectivity index (χ3n) is 3.18. The minimum absolute atomic E-state index is 0.115. The first kappa shape index (κ1) is 14.3. The fraction of sp³-hybridized carbons (Fsp3) is 0.462. The normalized spacial score (nSPS) is 17.2. The minimum atomic E-state index is -0.115. The highest BCUT2D eigenvalue weighted by atomic mass is 79.9. The van der Waals surface area contributed by atoms with Crippen molar-refractivity contribution in [2.24, 2.45) is 0 Å². The Morgan fingerprint density at radius 1 is 1.32 bits per heavy atom. The highest BCUT2D eigenvalue weighted by molar-refractivity contribution is 9.10. The van der Waals surface area contributed by atoms with Gasteiger partial charge in [0.1, 0.15) is 5.75 Å². The van der Waals surface area contributed by atoms with Gasteiger partial charge in [0.15, 0.2) is 0 Å². The molecule has 1 aromatic carbocycles. The van der Waals surface area contributed by atoms with E-state index in [1.54, 1.807) is 13.2 Å². The zero-order valence-electron chi connectivity index (χ0n) is 11.1. The molecule has 6 heteroatoms. The number of halogens is 1. The molecule has 0 atom stereocenters. The number of likely N-dealkylation sites (N-methyl/N-ethyl adjacent to an activating group) is 1. The van der Waals surface area contributed by atoms with Gasteiger partial charge < -0.3 is 9.64 Å². The molecule has 1 aliphatic heterocycles. The standard InChI is InChI=1S/C13H18BrN3O2/c1-16-5-7-17(8-6-16)15-13(18)11-9-10(19-2)3-4-12(11)14/h3-4,9H,5-8H2,1-2H3,(H,15,18). The summed E-state index contributed by atoms with van der Waals surface area (Å²) >= 11 is 3.39. The van der Waals surface area contributed by atoms with Gasteiger partial charge in [-0.15, -0.1) is 0 Å². The molecule has 1 fully saturated rings. The van der Waals surface area contributed by atoms with Crippen molar-refractivity contribution in [3.8, 4) is 5.75 Å². The summed E-state index contributed by atoms with van der Waals surface area (Å²) in [4.78, 5) is 14.5. The van der Waals surface area contributed by atoms with Crippen molar-refractivity contribution < 1.29 is 9.53 Å². The van der Waals surface area contributed by atoms with Gasteiger partial charge in [0.2, 0.25) is 0 Å². The van der Waals surface area contributed by atoms with Crippen LogP contribution in [0.1, 0.15) is 10.4 Å². The number of carbonyl (C=O) groups excluding carboxylic acids is 1. The first-order chi connectivity index (χ1) is 9.10. The number of hydrazine groups is 1. The van der Waals surface area contributed by atoms with E-state index in [1.807, 2.05) is 17.1 Å². The van der Waals surface area contributed by atoms with Crippen LogP contribution in [0.4, 0.5) is 0 Å². The topological polar surface area (TPSA) is 44.8 Å². The molecule has 0 aliphatic carbocycles. The summed E-state index contributed by atoms with van der Waals surface area (Å²) < 4.78 is 5.91. The molecular formula is C13H18BrN3O2. The molecule has 1 amide bonds. The number of ether oxygens (including phenoxy) is 1. The number of nitrogens with zero attached hydrogens (tertiary/aromatic N) is 2. The number of hydrogen-bond acceptors (Lipinski definition) is 4. The molecule has 0 unspecified atom stereocenters. The molecule has 1 heterocycles. The van der Waals surface area contributed by atoms with E-state index < -0.39 is 0 Å². The largest absolute Gasteiger partial charge is 0.497 e. The average molecular weight is 328 g/mol. The lowest BCUT2D eigenvalue weighted by Gasteiger charge is -2.32. The maximum absolute atomic E-state index is 12.2. The van der Waals surface area contributed by atoms with Crippen molar-refractivity contribution in [1.82, 2.24) is 15.3 Å². The number of nitrogens with one attached hydrogen (secondary N) is 1. The van der Waals surface area contributed by atoms with Crippen molar-refractivity contribution in [3.05, 3.63) is 28.2 Å². The van der Waals surface area contributed by atoms with Crippen molar-refractivity contribution in [2.75, 3.05) is 40.3 Å². The van der Waals surface area contributed by atoms with Crippen molar-refractivity contribution in [3.63, 3.8) is 0 Å². The summed E-state index contributed by atoms with van der Waals surface area (Å²) in [5, 5.41) is 1.95. The van der Waals surface area contributed by atoms with Crippen LogP contribution in [0.25, 0.3) is 0 Å². The molecule has 0 radical (unpaired) electrons. The number of rotatable bonds is 3. The van der Waals surface area contributed by atoms with Gasteiger partial charge >= 0.3 is 0 Å². The van der Waals surface area contributed by atoms with E-state index in [4.69, 9.17) is 4.74 Å². The van der Waals surface area contributed by atoms with Crippen molar-refractivity contribution >= 4 is 21.8 Å². The van der Waals surface area contributed by atoms with E-state index in [0.717, 1.165) is 30.7 Å². The second kappa shape index (κ2) is 6.36. The Balaban J connectivity index is 2.03. The molecule has 1 saturated heterocycles. The Labute approximate surface area is 121 Å². The van der Waals surface area contributed by atoms with Crippen LogP contribution in [0, 0.1) is 0 Å². The highest BCUT2D eigenvalue weighted by Crippen LogP contribution is 2.22. The molecule has 1 aliphatic rings. The van der Waals surface area contributed by atoms with E-state index in [2.05, 4.69) is 33.3 Å². The Morgan fingerprint density at radius 3 is 2.63 bits per heavy atom. The zero-order valence-corrected chi connectivity index (χ0v) is 12.7. The lowest BCUT2D eigenvalue weighted by Crippen LogP contribution is -2.52. The molecule has 0 aromatic heterocycles. The lowest BCUT2D eigenvalue weighted by atomic mass is 10.2. The third kappa shape index (κ3) is 3.68. The molecule has 2 rings (SSSR count). The predicted octanol–water partition coefficient (Wildman–Crippen LogP) is 1.35. The van der Waals surface area contributed by atoms with Gasteiger partial charge in [0.05, 0.1) is 12.7 Å². The second-order valence-electron chi connectivity index (χ2n) is 4.58. The fourth-order valence-corrected chi connectivity index (χ4v) is 2.35. The Kier molecular flexibility index (Phi) is 4.79. The predicted molar refractivity (Wildman–Crippen MR) is 77.2 cm³/mol. The maximum Gasteiger partial charge on any atom is 0.266 e. The van der Waals surface area contributed by atoms with Crippen LogP contribution in [-0.4, -0.2) is 56.2 Å². The lowest BCUT2D eigenvalue weighted by molar-refractivity contribution is 0.0661. The van der Waals surface area contributed by atoms with E-state index in [9.17, 15) is 4.79 Å². The Hall–Kier alpha value is -1.11. The van der Waals surface area contributed by atoms with Gasteiger partial charge in [0, 0.05) is 30.7 Å². The van der Waals surface area contributed by atoms with Crippen LogP contribution in [-0.2, 0) is 0 Å². The first-order valence-electron chi connectivity index (χ1n) is 6.18. The van der Waals surface area contributed by atoms with Crippen LogP contribution in [0.15, 0.2) is 22.7 Å². The van der Waals surface area contributed by atoms with Gasteiger partial charge in [-0.25, -0.2) is 5.01 Å². The van der Waals surface area contributed by atoms with Crippen molar-refractivity contribution in [2.45, 2.75) is 0 Å².